The van der Waals surface area contributed by atoms with Gasteiger partial charge >= 0.3 is 6.36 Å². The highest BCUT2D eigenvalue weighted by molar-refractivity contribution is 5.93. The molecule has 1 aliphatic rings. The number of benzene rings is 1. The summed E-state index contributed by atoms with van der Waals surface area (Å²) < 4.78 is 42.1. The third-order valence-electron chi connectivity index (χ3n) is 4.41. The molecule has 2 N–H and O–H groups in total. The lowest BCUT2D eigenvalue weighted by Crippen LogP contribution is -2.30. The summed E-state index contributed by atoms with van der Waals surface area (Å²) in [6, 6.07) is 5.54. The number of hydrogen-bond acceptors (Lipinski definition) is 5. The Balaban J connectivity index is 0.00000280. The second kappa shape index (κ2) is 9.24. The first-order valence-corrected chi connectivity index (χ1v) is 8.59. The van der Waals surface area contributed by atoms with Gasteiger partial charge in [0.15, 0.2) is 5.69 Å². The van der Waals surface area contributed by atoms with E-state index in [0.29, 0.717) is 11.3 Å². The second-order valence-electron chi connectivity index (χ2n) is 6.32. The summed E-state index contributed by atoms with van der Waals surface area (Å²) in [5.74, 6) is -0.679. The van der Waals surface area contributed by atoms with Crippen LogP contribution in [0.2, 0.25) is 0 Å². The Morgan fingerprint density at radius 1 is 1.29 bits per heavy atom. The van der Waals surface area contributed by atoms with E-state index in [9.17, 15) is 18.0 Å². The Labute approximate surface area is 166 Å². The van der Waals surface area contributed by atoms with Crippen molar-refractivity contribution >= 4 is 18.3 Å². The molecule has 2 heterocycles. The molecule has 0 spiro atoms. The molecule has 1 fully saturated rings. The lowest BCUT2D eigenvalue weighted by molar-refractivity contribution is -0.274. The summed E-state index contributed by atoms with van der Waals surface area (Å²) in [4.78, 5) is 12.4. The summed E-state index contributed by atoms with van der Waals surface area (Å²) in [5, 5.41) is 14.1. The second-order valence-corrected chi connectivity index (χ2v) is 6.32. The van der Waals surface area contributed by atoms with E-state index < -0.39 is 6.36 Å². The number of hydrogen-bond donors (Lipinski definition) is 2. The van der Waals surface area contributed by atoms with Crippen LogP contribution in [0.1, 0.15) is 40.6 Å². The first-order valence-electron chi connectivity index (χ1n) is 8.59. The summed E-state index contributed by atoms with van der Waals surface area (Å²) >= 11 is 0. The van der Waals surface area contributed by atoms with Crippen LogP contribution in [0, 0.1) is 6.92 Å². The molecule has 1 amide bonds. The highest BCUT2D eigenvalue weighted by atomic mass is 35.5. The summed E-state index contributed by atoms with van der Waals surface area (Å²) in [5.41, 5.74) is 1.60. The molecule has 154 valence electrons. The van der Waals surface area contributed by atoms with Crippen LogP contribution in [-0.4, -0.2) is 40.4 Å². The van der Waals surface area contributed by atoms with Gasteiger partial charge in [0.1, 0.15) is 5.75 Å². The molecule has 0 unspecified atom stereocenters. The van der Waals surface area contributed by atoms with E-state index >= 15 is 0 Å². The van der Waals surface area contributed by atoms with E-state index in [1.807, 2.05) is 0 Å². The zero-order valence-electron chi connectivity index (χ0n) is 15.1. The summed E-state index contributed by atoms with van der Waals surface area (Å²) in [6.45, 7) is 3.77. The molecule has 7 nitrogen and oxygen atoms in total. The van der Waals surface area contributed by atoms with Gasteiger partial charge in [0.25, 0.3) is 5.91 Å². The van der Waals surface area contributed by atoms with Gasteiger partial charge < -0.3 is 15.4 Å². The fraction of sp³-hybridized carbons (Fsp3) is 0.471. The minimum absolute atomic E-state index is 0. The fourth-order valence-corrected chi connectivity index (χ4v) is 3.02. The van der Waals surface area contributed by atoms with Gasteiger partial charge in [0.2, 0.25) is 0 Å². The Bertz CT molecular complexity index is 789. The van der Waals surface area contributed by atoms with Gasteiger partial charge in [0.05, 0.1) is 11.7 Å². The van der Waals surface area contributed by atoms with Gasteiger partial charge in [-0.05, 0) is 50.6 Å². The molecule has 3 rings (SSSR count). The number of carbonyl (C=O) groups is 1. The van der Waals surface area contributed by atoms with Crippen LogP contribution in [0.4, 0.5) is 13.2 Å². The first-order chi connectivity index (χ1) is 12.8. The summed E-state index contributed by atoms with van der Waals surface area (Å²) in [7, 11) is 0. The maximum atomic E-state index is 12.4. The normalized spacial score (nSPS) is 15.0. The van der Waals surface area contributed by atoms with Crippen molar-refractivity contribution in [1.29, 1.82) is 0 Å². The predicted molar refractivity (Wildman–Crippen MR) is 97.4 cm³/mol. The number of rotatable bonds is 5. The molecule has 1 aromatic heterocycles. The molecular weight excluding hydrogens is 399 g/mol. The molecule has 1 saturated heterocycles. The van der Waals surface area contributed by atoms with Crippen LogP contribution in [0.25, 0.3) is 0 Å². The van der Waals surface area contributed by atoms with Crippen molar-refractivity contribution in [1.82, 2.24) is 25.6 Å². The van der Waals surface area contributed by atoms with Crippen molar-refractivity contribution in [3.63, 3.8) is 0 Å². The van der Waals surface area contributed by atoms with Crippen molar-refractivity contribution in [3.05, 3.63) is 41.2 Å². The monoisotopic (exact) mass is 419 g/mol. The number of piperidine rings is 1. The minimum atomic E-state index is -4.73. The van der Waals surface area contributed by atoms with Crippen LogP contribution in [0.3, 0.4) is 0 Å². The Morgan fingerprint density at radius 2 is 1.93 bits per heavy atom. The molecular formula is C17H21ClF3N5O2. The molecule has 1 aromatic carbocycles. The molecule has 0 atom stereocenters. The van der Waals surface area contributed by atoms with Gasteiger partial charge in [-0.3, -0.25) is 4.79 Å². The van der Waals surface area contributed by atoms with Crippen molar-refractivity contribution < 1.29 is 22.7 Å². The third kappa shape index (κ3) is 5.59. The number of ether oxygens (including phenoxy) is 1. The van der Waals surface area contributed by atoms with E-state index in [4.69, 9.17) is 0 Å². The zero-order valence-corrected chi connectivity index (χ0v) is 15.9. The SMILES string of the molecule is Cc1c(C(=O)NCc2ccc(OC(F)(F)F)cc2)nnn1C1CCNCC1.Cl. The van der Waals surface area contributed by atoms with Crippen LogP contribution in [-0.2, 0) is 6.54 Å². The van der Waals surface area contributed by atoms with Crippen molar-refractivity contribution in [2.24, 2.45) is 0 Å². The molecule has 0 bridgehead atoms. The van der Waals surface area contributed by atoms with Gasteiger partial charge in [-0.2, -0.15) is 0 Å². The van der Waals surface area contributed by atoms with Crippen molar-refractivity contribution in [2.75, 3.05) is 13.1 Å². The topological polar surface area (TPSA) is 81.1 Å². The molecule has 0 aliphatic carbocycles. The Kier molecular flexibility index (Phi) is 7.25. The molecule has 1 aliphatic heterocycles. The lowest BCUT2D eigenvalue weighted by Gasteiger charge is -2.23. The molecule has 0 radical (unpaired) electrons. The van der Waals surface area contributed by atoms with Crippen molar-refractivity contribution in [2.45, 2.75) is 38.7 Å². The van der Waals surface area contributed by atoms with Crippen molar-refractivity contribution in [3.8, 4) is 5.75 Å². The van der Waals surface area contributed by atoms with Gasteiger partial charge in [0, 0.05) is 6.54 Å². The average molecular weight is 420 g/mol. The first kappa shape index (κ1) is 22.0. The smallest absolute Gasteiger partial charge is 0.406 e. The summed E-state index contributed by atoms with van der Waals surface area (Å²) in [6.07, 6.45) is -2.87. The maximum absolute atomic E-state index is 12.4. The molecule has 0 saturated carbocycles. The number of aromatic nitrogens is 3. The molecule has 2 aromatic rings. The van der Waals surface area contributed by atoms with Crippen LogP contribution in [0.15, 0.2) is 24.3 Å². The van der Waals surface area contributed by atoms with E-state index in [2.05, 4.69) is 25.7 Å². The number of nitrogens with one attached hydrogen (secondary N) is 2. The van der Waals surface area contributed by atoms with Crippen LogP contribution >= 0.6 is 12.4 Å². The zero-order chi connectivity index (χ0) is 19.4. The molecule has 11 heteroatoms. The van der Waals surface area contributed by atoms with Crippen LogP contribution in [0.5, 0.6) is 5.75 Å². The third-order valence-corrected chi connectivity index (χ3v) is 4.41. The largest absolute Gasteiger partial charge is 0.573 e. The highest BCUT2D eigenvalue weighted by Gasteiger charge is 2.31. The predicted octanol–water partition coefficient (Wildman–Crippen LogP) is 2.76. The van der Waals surface area contributed by atoms with E-state index in [1.165, 1.54) is 24.3 Å². The molecule has 28 heavy (non-hydrogen) atoms. The highest BCUT2D eigenvalue weighted by Crippen LogP contribution is 2.23. The number of amides is 1. The Hall–Kier alpha value is -2.33. The quantitative estimate of drug-likeness (QED) is 0.779. The lowest BCUT2D eigenvalue weighted by atomic mass is 10.1. The Morgan fingerprint density at radius 3 is 2.54 bits per heavy atom. The van der Waals surface area contributed by atoms with Crippen LogP contribution < -0.4 is 15.4 Å². The van der Waals surface area contributed by atoms with E-state index in [1.54, 1.807) is 11.6 Å². The van der Waals surface area contributed by atoms with Gasteiger partial charge in [-0.1, -0.05) is 17.3 Å². The average Bonchev–Trinajstić information content (AvgIpc) is 3.02. The number of nitrogens with zero attached hydrogens (tertiary/aromatic N) is 3. The van der Waals surface area contributed by atoms with E-state index in [0.717, 1.165) is 25.9 Å². The number of carbonyl (C=O) groups excluding carboxylic acids is 1. The number of halogens is 4. The number of alkyl halides is 3. The fourth-order valence-electron chi connectivity index (χ4n) is 3.02. The van der Waals surface area contributed by atoms with Gasteiger partial charge in [-0.25, -0.2) is 4.68 Å². The minimum Gasteiger partial charge on any atom is -0.406 e. The standard InChI is InChI=1S/C17H20F3N5O2.ClH/c1-11-15(23-24-25(11)13-6-8-21-9-7-13)16(26)22-10-12-2-4-14(5-3-12)27-17(18,19)20;/h2-5,13,21H,6-10H2,1H3,(H,22,26);1H. The van der Waals surface area contributed by atoms with Gasteiger partial charge in [-0.15, -0.1) is 30.7 Å². The van der Waals surface area contributed by atoms with E-state index in [-0.39, 0.29) is 42.3 Å². The maximum Gasteiger partial charge on any atom is 0.573 e.